The predicted molar refractivity (Wildman–Crippen MR) is 96.6 cm³/mol. The van der Waals surface area contributed by atoms with Crippen molar-refractivity contribution in [3.05, 3.63) is 46.3 Å². The third-order valence-electron chi connectivity index (χ3n) is 4.58. The van der Waals surface area contributed by atoms with Crippen LogP contribution in [-0.2, 0) is 11.8 Å². The highest BCUT2D eigenvalue weighted by atomic mass is 32.1. The first-order chi connectivity index (χ1) is 11.5. The SMILES string of the molecule is CC1(C)Cc2cc(C(=O)N(CCO)CCO)sc2-c2ccccc21. The minimum atomic E-state index is -0.118. The lowest BCUT2D eigenvalue weighted by atomic mass is 9.73. The minimum Gasteiger partial charge on any atom is -0.395 e. The molecule has 3 rings (SSSR count). The molecule has 1 aromatic carbocycles. The number of aliphatic hydroxyl groups excluding tert-OH is 2. The Kier molecular flexibility index (Phi) is 4.76. The average molecular weight is 345 g/mol. The topological polar surface area (TPSA) is 60.8 Å². The fraction of sp³-hybridized carbons (Fsp3) is 0.421. The number of amides is 1. The Hall–Kier alpha value is -1.69. The smallest absolute Gasteiger partial charge is 0.264 e. The minimum absolute atomic E-state index is 0.0425. The maximum Gasteiger partial charge on any atom is 0.264 e. The summed E-state index contributed by atoms with van der Waals surface area (Å²) in [6.45, 7) is 4.74. The summed E-state index contributed by atoms with van der Waals surface area (Å²) >= 11 is 1.51. The van der Waals surface area contributed by atoms with Crippen LogP contribution in [0.5, 0.6) is 0 Å². The Morgan fingerprint density at radius 1 is 1.21 bits per heavy atom. The first kappa shape index (κ1) is 17.1. The molecular formula is C19H23NO3S. The fourth-order valence-corrected chi connectivity index (χ4v) is 4.64. The van der Waals surface area contributed by atoms with Gasteiger partial charge in [0.05, 0.1) is 18.1 Å². The number of thiophene rings is 1. The zero-order chi connectivity index (χ0) is 17.3. The molecule has 0 atom stereocenters. The highest BCUT2D eigenvalue weighted by molar-refractivity contribution is 7.17. The van der Waals surface area contributed by atoms with Gasteiger partial charge in [-0.3, -0.25) is 4.79 Å². The van der Waals surface area contributed by atoms with Crippen molar-refractivity contribution in [2.45, 2.75) is 25.7 Å². The first-order valence-corrected chi connectivity index (χ1v) is 9.03. The van der Waals surface area contributed by atoms with E-state index in [4.69, 9.17) is 10.2 Å². The van der Waals surface area contributed by atoms with Crippen LogP contribution in [0.25, 0.3) is 10.4 Å². The molecule has 0 saturated heterocycles. The number of hydrogen-bond acceptors (Lipinski definition) is 4. The molecule has 5 heteroatoms. The van der Waals surface area contributed by atoms with Crippen LogP contribution in [0.1, 0.15) is 34.6 Å². The summed E-state index contributed by atoms with van der Waals surface area (Å²) in [6.07, 6.45) is 0.906. The second kappa shape index (κ2) is 6.67. The molecule has 2 aromatic rings. The molecule has 0 bridgehead atoms. The molecule has 2 N–H and O–H groups in total. The molecule has 1 aliphatic carbocycles. The average Bonchev–Trinajstić information content (AvgIpc) is 2.97. The van der Waals surface area contributed by atoms with Gasteiger partial charge in [0.25, 0.3) is 5.91 Å². The molecule has 0 spiro atoms. The summed E-state index contributed by atoms with van der Waals surface area (Å²) in [4.78, 5) is 16.1. The van der Waals surface area contributed by atoms with E-state index in [1.165, 1.54) is 37.8 Å². The van der Waals surface area contributed by atoms with Crippen LogP contribution in [-0.4, -0.2) is 47.3 Å². The maximum atomic E-state index is 12.7. The van der Waals surface area contributed by atoms with E-state index in [2.05, 4.69) is 32.0 Å². The molecule has 0 fully saturated rings. The van der Waals surface area contributed by atoms with Crippen LogP contribution in [0.2, 0.25) is 0 Å². The number of carbonyl (C=O) groups is 1. The van der Waals surface area contributed by atoms with Gasteiger partial charge in [0, 0.05) is 18.0 Å². The zero-order valence-electron chi connectivity index (χ0n) is 14.1. The van der Waals surface area contributed by atoms with E-state index < -0.39 is 0 Å². The molecule has 1 amide bonds. The molecule has 24 heavy (non-hydrogen) atoms. The standard InChI is InChI=1S/C19H23NO3S/c1-19(2)12-13-11-16(18(23)20(7-9-21)8-10-22)24-17(13)14-5-3-4-6-15(14)19/h3-6,11,21-22H,7-10,12H2,1-2H3. The van der Waals surface area contributed by atoms with E-state index >= 15 is 0 Å². The van der Waals surface area contributed by atoms with Crippen molar-refractivity contribution in [1.29, 1.82) is 0 Å². The van der Waals surface area contributed by atoms with E-state index in [9.17, 15) is 4.79 Å². The highest BCUT2D eigenvalue weighted by Gasteiger charge is 2.33. The number of fused-ring (bicyclic) bond motifs is 3. The van der Waals surface area contributed by atoms with Crippen LogP contribution in [0.3, 0.4) is 0 Å². The molecule has 1 aromatic heterocycles. The molecule has 4 nitrogen and oxygen atoms in total. The third kappa shape index (κ3) is 2.99. The van der Waals surface area contributed by atoms with E-state index in [0.717, 1.165) is 6.42 Å². The fourth-order valence-electron chi connectivity index (χ4n) is 3.45. The van der Waals surface area contributed by atoms with Gasteiger partial charge >= 0.3 is 0 Å². The molecule has 1 heterocycles. The van der Waals surface area contributed by atoms with Gasteiger partial charge in [-0.1, -0.05) is 38.1 Å². The van der Waals surface area contributed by atoms with Crippen LogP contribution in [0.4, 0.5) is 0 Å². The van der Waals surface area contributed by atoms with Crippen LogP contribution in [0.15, 0.2) is 30.3 Å². The third-order valence-corrected chi connectivity index (χ3v) is 5.78. The highest BCUT2D eigenvalue weighted by Crippen LogP contribution is 2.46. The number of rotatable bonds is 5. The Labute approximate surface area is 146 Å². The van der Waals surface area contributed by atoms with Crippen molar-refractivity contribution in [3.63, 3.8) is 0 Å². The van der Waals surface area contributed by atoms with E-state index in [-0.39, 0.29) is 37.6 Å². The maximum absolute atomic E-state index is 12.7. The van der Waals surface area contributed by atoms with Gasteiger partial charge in [0.2, 0.25) is 0 Å². The van der Waals surface area contributed by atoms with Crippen molar-refractivity contribution >= 4 is 17.2 Å². The van der Waals surface area contributed by atoms with Gasteiger partial charge in [0.15, 0.2) is 0 Å². The monoisotopic (exact) mass is 345 g/mol. The number of benzene rings is 1. The molecule has 1 aliphatic rings. The van der Waals surface area contributed by atoms with Crippen LogP contribution in [0, 0.1) is 0 Å². The predicted octanol–water partition coefficient (Wildman–Crippen LogP) is 2.68. The summed E-state index contributed by atoms with van der Waals surface area (Å²) in [5.74, 6) is -0.118. The Bertz CT molecular complexity index is 745. The Morgan fingerprint density at radius 3 is 2.54 bits per heavy atom. The number of nitrogens with zero attached hydrogens (tertiary/aromatic N) is 1. The molecule has 0 radical (unpaired) electrons. The van der Waals surface area contributed by atoms with Crippen molar-refractivity contribution < 1.29 is 15.0 Å². The van der Waals surface area contributed by atoms with Crippen molar-refractivity contribution in [3.8, 4) is 10.4 Å². The molecule has 0 aliphatic heterocycles. The lowest BCUT2D eigenvalue weighted by Gasteiger charge is -2.32. The van der Waals surface area contributed by atoms with Gasteiger partial charge in [-0.2, -0.15) is 0 Å². The zero-order valence-corrected chi connectivity index (χ0v) is 14.9. The second-order valence-electron chi connectivity index (χ2n) is 6.81. The van der Waals surface area contributed by atoms with Gasteiger partial charge in [-0.15, -0.1) is 11.3 Å². The summed E-state index contributed by atoms with van der Waals surface area (Å²) in [6, 6.07) is 10.4. The number of aliphatic hydroxyl groups is 2. The summed E-state index contributed by atoms with van der Waals surface area (Å²) in [5.41, 5.74) is 3.78. The van der Waals surface area contributed by atoms with E-state index in [1.54, 1.807) is 0 Å². The lowest BCUT2D eigenvalue weighted by Crippen LogP contribution is -2.35. The first-order valence-electron chi connectivity index (χ1n) is 8.21. The van der Waals surface area contributed by atoms with Gasteiger partial charge in [0.1, 0.15) is 0 Å². The molecular weight excluding hydrogens is 322 g/mol. The van der Waals surface area contributed by atoms with E-state index in [0.29, 0.717) is 4.88 Å². The quantitative estimate of drug-likeness (QED) is 0.876. The van der Waals surface area contributed by atoms with Crippen molar-refractivity contribution in [2.24, 2.45) is 0 Å². The largest absolute Gasteiger partial charge is 0.395 e. The Balaban J connectivity index is 2.00. The van der Waals surface area contributed by atoms with E-state index in [1.807, 2.05) is 12.1 Å². The van der Waals surface area contributed by atoms with Crippen LogP contribution >= 0.6 is 11.3 Å². The number of carbonyl (C=O) groups excluding carboxylic acids is 1. The van der Waals surface area contributed by atoms with Crippen molar-refractivity contribution in [1.82, 2.24) is 4.90 Å². The Morgan fingerprint density at radius 2 is 1.88 bits per heavy atom. The summed E-state index contributed by atoms with van der Waals surface area (Å²) in [7, 11) is 0. The molecule has 0 saturated carbocycles. The number of hydrogen-bond donors (Lipinski definition) is 2. The second-order valence-corrected chi connectivity index (χ2v) is 7.86. The molecule has 0 unspecified atom stereocenters. The van der Waals surface area contributed by atoms with Gasteiger partial charge in [-0.05, 0) is 34.6 Å². The van der Waals surface area contributed by atoms with Crippen molar-refractivity contribution in [2.75, 3.05) is 26.3 Å². The molecule has 128 valence electrons. The van der Waals surface area contributed by atoms with Gasteiger partial charge < -0.3 is 15.1 Å². The normalized spacial score (nSPS) is 14.8. The van der Waals surface area contributed by atoms with Crippen LogP contribution < -0.4 is 0 Å². The summed E-state index contributed by atoms with van der Waals surface area (Å²) < 4.78 is 0. The lowest BCUT2D eigenvalue weighted by molar-refractivity contribution is 0.0689. The summed E-state index contributed by atoms with van der Waals surface area (Å²) in [5, 5.41) is 18.3. The van der Waals surface area contributed by atoms with Gasteiger partial charge in [-0.25, -0.2) is 0 Å².